The zero-order chi connectivity index (χ0) is 21.6. The number of hydrogen-bond donors (Lipinski definition) is 2. The summed E-state index contributed by atoms with van der Waals surface area (Å²) < 4.78 is 31.6. The van der Waals surface area contributed by atoms with Gasteiger partial charge in [0.25, 0.3) is 5.91 Å². The first-order valence-corrected chi connectivity index (χ1v) is 9.45. The zero-order valence-electron chi connectivity index (χ0n) is 16.4. The number of fused-ring (bicyclic) bond motifs is 1. The summed E-state index contributed by atoms with van der Waals surface area (Å²) in [7, 11) is 1.38. The van der Waals surface area contributed by atoms with Gasteiger partial charge in [-0.05, 0) is 49.1 Å². The Labute approximate surface area is 170 Å². The predicted octanol–water partition coefficient (Wildman–Crippen LogP) is 3.10. The van der Waals surface area contributed by atoms with Crippen LogP contribution in [-0.4, -0.2) is 51.5 Å². The van der Waals surface area contributed by atoms with Crippen LogP contribution in [0.25, 0.3) is 16.9 Å². The molecule has 156 valence electrons. The summed E-state index contributed by atoms with van der Waals surface area (Å²) >= 11 is 0. The van der Waals surface area contributed by atoms with E-state index >= 15 is 0 Å². The van der Waals surface area contributed by atoms with Crippen molar-refractivity contribution in [3.8, 4) is 11.3 Å². The molecule has 0 unspecified atom stereocenters. The number of aromatic nitrogens is 2. The molecular formula is C21H20F2N4O3. The van der Waals surface area contributed by atoms with Crippen LogP contribution < -0.4 is 5.32 Å². The molecule has 3 heterocycles. The number of halogens is 2. The molecule has 1 saturated heterocycles. The second-order valence-corrected chi connectivity index (χ2v) is 7.49. The molecule has 7 nitrogen and oxygen atoms in total. The number of nitrogens with one attached hydrogen (secondary N) is 1. The maximum atomic E-state index is 14.9. The molecule has 4 rings (SSSR count). The van der Waals surface area contributed by atoms with E-state index in [0.29, 0.717) is 30.9 Å². The Morgan fingerprint density at radius 2 is 1.90 bits per heavy atom. The lowest BCUT2D eigenvalue weighted by Gasteiger charge is -2.37. The van der Waals surface area contributed by atoms with Gasteiger partial charge < -0.3 is 19.7 Å². The third-order valence-corrected chi connectivity index (χ3v) is 5.36. The fourth-order valence-electron chi connectivity index (χ4n) is 3.80. The van der Waals surface area contributed by atoms with E-state index in [-0.39, 0.29) is 22.7 Å². The number of aryl methyl sites for hydroxylation is 1. The van der Waals surface area contributed by atoms with Crippen molar-refractivity contribution in [1.82, 2.24) is 19.6 Å². The Bertz CT molecular complexity index is 1150. The van der Waals surface area contributed by atoms with Gasteiger partial charge in [0.2, 0.25) is 0 Å². The van der Waals surface area contributed by atoms with Crippen LogP contribution in [0.2, 0.25) is 0 Å². The van der Waals surface area contributed by atoms with Gasteiger partial charge >= 0.3 is 6.09 Å². The molecular weight excluding hydrogens is 394 g/mol. The van der Waals surface area contributed by atoms with Gasteiger partial charge in [-0.15, -0.1) is 0 Å². The summed E-state index contributed by atoms with van der Waals surface area (Å²) in [6.07, 6.45) is 1.22. The number of amides is 2. The molecule has 1 aromatic carbocycles. The Kier molecular flexibility index (Phi) is 4.89. The van der Waals surface area contributed by atoms with E-state index in [1.165, 1.54) is 11.9 Å². The summed E-state index contributed by atoms with van der Waals surface area (Å²) in [5.41, 5.74) is 1.84. The molecule has 0 spiro atoms. The van der Waals surface area contributed by atoms with E-state index in [1.54, 1.807) is 10.6 Å². The number of nitrogens with zero attached hydrogens (tertiary/aromatic N) is 3. The lowest BCUT2D eigenvalue weighted by atomic mass is 9.93. The fraction of sp³-hybridized carbons (Fsp3) is 0.286. The lowest BCUT2D eigenvalue weighted by molar-refractivity contribution is 0.0815. The molecule has 2 amide bonds. The monoisotopic (exact) mass is 414 g/mol. The van der Waals surface area contributed by atoms with E-state index in [0.717, 1.165) is 17.7 Å². The van der Waals surface area contributed by atoms with Gasteiger partial charge in [-0.2, -0.15) is 0 Å². The van der Waals surface area contributed by atoms with Gasteiger partial charge in [0.05, 0.1) is 17.0 Å². The van der Waals surface area contributed by atoms with Gasteiger partial charge in [0, 0.05) is 31.9 Å². The molecule has 30 heavy (non-hydrogen) atoms. The maximum absolute atomic E-state index is 14.9. The number of imidazole rings is 1. The largest absolute Gasteiger partial charge is 0.465 e. The first-order valence-electron chi connectivity index (χ1n) is 9.45. The standard InChI is InChI=1S/C21H20F2N4O3/c1-11-3-4-27-16(6-12-9-26(10-12)21(29)30)19(25-17(27)5-11)18-14(22)7-13(8-15(18)23)20(28)24-2/h3-5,7-8,12H,6,9-10H2,1-2H3,(H,24,28)(H,29,30). The van der Waals surface area contributed by atoms with Crippen molar-refractivity contribution in [2.24, 2.45) is 5.92 Å². The third-order valence-electron chi connectivity index (χ3n) is 5.36. The number of carbonyl (C=O) groups excluding carboxylic acids is 1. The second kappa shape index (κ2) is 7.40. The minimum atomic E-state index is -0.984. The molecule has 0 saturated carbocycles. The summed E-state index contributed by atoms with van der Waals surface area (Å²) in [6, 6.07) is 5.66. The van der Waals surface area contributed by atoms with Crippen molar-refractivity contribution in [3.05, 3.63) is 58.9 Å². The summed E-state index contributed by atoms with van der Waals surface area (Å²) in [6.45, 7) is 2.60. The average Bonchev–Trinajstić information content (AvgIpc) is 2.99. The Hall–Kier alpha value is -3.49. The lowest BCUT2D eigenvalue weighted by Crippen LogP contribution is -2.50. The van der Waals surface area contributed by atoms with Gasteiger partial charge in [0.1, 0.15) is 17.3 Å². The van der Waals surface area contributed by atoms with Gasteiger partial charge in [0.15, 0.2) is 0 Å². The molecule has 9 heteroatoms. The smallest absolute Gasteiger partial charge is 0.407 e. The minimum Gasteiger partial charge on any atom is -0.465 e. The summed E-state index contributed by atoms with van der Waals surface area (Å²) in [4.78, 5) is 28.6. The maximum Gasteiger partial charge on any atom is 0.407 e. The number of carbonyl (C=O) groups is 2. The van der Waals surface area contributed by atoms with Crippen LogP contribution in [0.4, 0.5) is 13.6 Å². The normalized spacial score (nSPS) is 14.1. The van der Waals surface area contributed by atoms with Crippen LogP contribution in [0.3, 0.4) is 0 Å². The molecule has 0 radical (unpaired) electrons. The van der Waals surface area contributed by atoms with Gasteiger partial charge in [-0.25, -0.2) is 18.6 Å². The third kappa shape index (κ3) is 3.36. The molecule has 2 aromatic heterocycles. The number of benzene rings is 1. The second-order valence-electron chi connectivity index (χ2n) is 7.49. The number of pyridine rings is 1. The Balaban J connectivity index is 1.81. The van der Waals surface area contributed by atoms with Crippen molar-refractivity contribution < 1.29 is 23.5 Å². The Morgan fingerprint density at radius 1 is 1.23 bits per heavy atom. The van der Waals surface area contributed by atoms with Crippen LogP contribution in [0, 0.1) is 24.5 Å². The number of carboxylic acid groups (broad SMARTS) is 1. The number of rotatable bonds is 4. The van der Waals surface area contributed by atoms with Crippen molar-refractivity contribution in [2.75, 3.05) is 20.1 Å². The van der Waals surface area contributed by atoms with Crippen LogP contribution >= 0.6 is 0 Å². The van der Waals surface area contributed by atoms with Gasteiger partial charge in [-0.1, -0.05) is 0 Å². The minimum absolute atomic E-state index is 0.0253. The first kappa shape index (κ1) is 19.8. The highest BCUT2D eigenvalue weighted by Crippen LogP contribution is 2.33. The highest BCUT2D eigenvalue weighted by Gasteiger charge is 2.33. The summed E-state index contributed by atoms with van der Waals surface area (Å²) in [5, 5.41) is 11.4. The molecule has 0 atom stereocenters. The molecule has 0 aliphatic carbocycles. The SMILES string of the molecule is CNC(=O)c1cc(F)c(-c2nc3cc(C)ccn3c2CC2CN(C(=O)O)C2)c(F)c1. The van der Waals surface area contributed by atoms with E-state index in [1.807, 2.05) is 19.1 Å². The van der Waals surface area contributed by atoms with E-state index in [9.17, 15) is 18.4 Å². The number of hydrogen-bond acceptors (Lipinski definition) is 3. The molecule has 1 fully saturated rings. The van der Waals surface area contributed by atoms with Crippen LogP contribution in [0.15, 0.2) is 30.5 Å². The highest BCUT2D eigenvalue weighted by molar-refractivity contribution is 5.94. The number of likely N-dealkylation sites (tertiary alicyclic amines) is 1. The molecule has 3 aromatic rings. The highest BCUT2D eigenvalue weighted by atomic mass is 19.1. The topological polar surface area (TPSA) is 86.9 Å². The average molecular weight is 414 g/mol. The van der Waals surface area contributed by atoms with E-state index in [4.69, 9.17) is 5.11 Å². The van der Waals surface area contributed by atoms with E-state index < -0.39 is 23.6 Å². The molecule has 1 aliphatic rings. The van der Waals surface area contributed by atoms with Crippen molar-refractivity contribution in [1.29, 1.82) is 0 Å². The van der Waals surface area contributed by atoms with E-state index in [2.05, 4.69) is 10.3 Å². The van der Waals surface area contributed by atoms with Crippen LogP contribution in [0.1, 0.15) is 21.6 Å². The van der Waals surface area contributed by atoms with Gasteiger partial charge in [-0.3, -0.25) is 4.79 Å². The first-order chi connectivity index (χ1) is 14.3. The molecule has 0 bridgehead atoms. The quantitative estimate of drug-likeness (QED) is 0.687. The zero-order valence-corrected chi connectivity index (χ0v) is 16.4. The molecule has 1 aliphatic heterocycles. The molecule has 2 N–H and O–H groups in total. The van der Waals surface area contributed by atoms with Crippen LogP contribution in [-0.2, 0) is 6.42 Å². The predicted molar refractivity (Wildman–Crippen MR) is 105 cm³/mol. The van der Waals surface area contributed by atoms with Crippen molar-refractivity contribution in [2.45, 2.75) is 13.3 Å². The van der Waals surface area contributed by atoms with Crippen LogP contribution in [0.5, 0.6) is 0 Å². The summed E-state index contributed by atoms with van der Waals surface area (Å²) in [5.74, 6) is -2.32. The van der Waals surface area contributed by atoms with Crippen molar-refractivity contribution >= 4 is 17.6 Å². The van der Waals surface area contributed by atoms with Crippen molar-refractivity contribution in [3.63, 3.8) is 0 Å². The fourth-order valence-corrected chi connectivity index (χ4v) is 3.80. The Morgan fingerprint density at radius 3 is 2.50 bits per heavy atom.